The number of hydrogen-bond donors (Lipinski definition) is 2. The van der Waals surface area contributed by atoms with Crippen LogP contribution >= 0.6 is 0 Å². The Bertz CT molecular complexity index is 441. The van der Waals surface area contributed by atoms with E-state index in [9.17, 15) is 4.79 Å². The zero-order chi connectivity index (χ0) is 15.1. The fourth-order valence-corrected chi connectivity index (χ4v) is 2.03. The van der Waals surface area contributed by atoms with Gasteiger partial charge >= 0.3 is 0 Å². The normalized spacial score (nSPS) is 12.3. The Balaban J connectivity index is 2.68. The fraction of sp³-hybridized carbons (Fsp3) is 0.588. The third-order valence-electron chi connectivity index (χ3n) is 3.42. The first-order chi connectivity index (χ1) is 9.42. The summed E-state index contributed by atoms with van der Waals surface area (Å²) in [6.45, 7) is 10.6. The Hall–Kier alpha value is -1.51. The minimum absolute atomic E-state index is 0.0488. The van der Waals surface area contributed by atoms with Crippen LogP contribution in [0.1, 0.15) is 52.5 Å². The summed E-state index contributed by atoms with van der Waals surface area (Å²) in [7, 11) is 0. The van der Waals surface area contributed by atoms with E-state index in [1.807, 2.05) is 25.1 Å². The first-order valence-corrected chi connectivity index (χ1v) is 7.59. The van der Waals surface area contributed by atoms with E-state index in [1.54, 1.807) is 0 Å². The number of amides is 1. The molecule has 0 aliphatic rings. The predicted octanol–water partition coefficient (Wildman–Crippen LogP) is 4.58. The maximum atomic E-state index is 11.4. The third kappa shape index (κ3) is 5.64. The van der Waals surface area contributed by atoms with Gasteiger partial charge in [-0.3, -0.25) is 4.79 Å². The van der Waals surface area contributed by atoms with Crippen LogP contribution in [0.15, 0.2) is 18.2 Å². The molecule has 0 heterocycles. The lowest BCUT2D eigenvalue weighted by atomic mass is 10.0. The van der Waals surface area contributed by atoms with E-state index in [1.165, 1.54) is 12.0 Å². The average molecular weight is 276 g/mol. The minimum atomic E-state index is 0.0488. The number of anilines is 2. The maximum absolute atomic E-state index is 11.4. The van der Waals surface area contributed by atoms with Crippen molar-refractivity contribution in [1.82, 2.24) is 0 Å². The van der Waals surface area contributed by atoms with Gasteiger partial charge in [0.05, 0.1) is 0 Å². The number of benzene rings is 1. The van der Waals surface area contributed by atoms with Gasteiger partial charge in [0.25, 0.3) is 0 Å². The van der Waals surface area contributed by atoms with E-state index in [2.05, 4.69) is 38.3 Å². The summed E-state index contributed by atoms with van der Waals surface area (Å²) in [5.74, 6) is 0.781. The molecule has 1 atom stereocenters. The van der Waals surface area contributed by atoms with Crippen LogP contribution in [0.4, 0.5) is 11.4 Å². The smallest absolute Gasteiger partial charge is 0.224 e. The van der Waals surface area contributed by atoms with Crippen LogP contribution in [0.2, 0.25) is 0 Å². The van der Waals surface area contributed by atoms with Gasteiger partial charge in [-0.05, 0) is 50.3 Å². The van der Waals surface area contributed by atoms with Crippen molar-refractivity contribution < 1.29 is 4.79 Å². The molecule has 3 heteroatoms. The Morgan fingerprint density at radius 2 is 1.90 bits per heavy atom. The second-order valence-corrected chi connectivity index (χ2v) is 5.95. The molecule has 1 rings (SSSR count). The van der Waals surface area contributed by atoms with Crippen molar-refractivity contribution >= 4 is 17.3 Å². The molecule has 1 aromatic rings. The molecule has 20 heavy (non-hydrogen) atoms. The van der Waals surface area contributed by atoms with E-state index in [0.29, 0.717) is 12.5 Å². The Labute approximate surface area is 123 Å². The zero-order valence-corrected chi connectivity index (χ0v) is 13.4. The molecular weight excluding hydrogens is 248 g/mol. The van der Waals surface area contributed by atoms with Crippen LogP contribution in [-0.2, 0) is 4.79 Å². The number of carbonyl (C=O) groups excluding carboxylic acids is 1. The zero-order valence-electron chi connectivity index (χ0n) is 13.4. The number of hydrogen-bond acceptors (Lipinski definition) is 2. The summed E-state index contributed by atoms with van der Waals surface area (Å²) in [5, 5.41) is 6.45. The first-order valence-electron chi connectivity index (χ1n) is 7.59. The molecule has 0 aromatic heterocycles. The maximum Gasteiger partial charge on any atom is 0.224 e. The van der Waals surface area contributed by atoms with Gasteiger partial charge in [0.15, 0.2) is 0 Å². The summed E-state index contributed by atoms with van der Waals surface area (Å²) >= 11 is 0. The Morgan fingerprint density at radius 3 is 2.50 bits per heavy atom. The molecule has 0 spiro atoms. The van der Waals surface area contributed by atoms with E-state index >= 15 is 0 Å². The second-order valence-electron chi connectivity index (χ2n) is 5.95. The van der Waals surface area contributed by atoms with Gasteiger partial charge in [-0.15, -0.1) is 0 Å². The van der Waals surface area contributed by atoms with E-state index in [0.717, 1.165) is 23.7 Å². The molecule has 0 aliphatic heterocycles. The average Bonchev–Trinajstić information content (AvgIpc) is 2.40. The SMILES string of the molecule is CCC(=O)Nc1ccc(C)c(NC(C)CCC(C)C)c1. The number of rotatable bonds is 7. The molecule has 0 saturated carbocycles. The Morgan fingerprint density at radius 1 is 1.20 bits per heavy atom. The van der Waals surface area contributed by atoms with E-state index in [-0.39, 0.29) is 5.91 Å². The molecule has 1 unspecified atom stereocenters. The van der Waals surface area contributed by atoms with Crippen LogP contribution in [-0.4, -0.2) is 11.9 Å². The Kier molecular flexibility index (Phi) is 6.56. The molecule has 0 bridgehead atoms. The standard InChI is InChI=1S/C17H28N2O/c1-6-17(20)19-15-10-8-13(4)16(11-15)18-14(5)9-7-12(2)3/h8,10-12,14,18H,6-7,9H2,1-5H3,(H,19,20). The lowest BCUT2D eigenvalue weighted by Gasteiger charge is -2.19. The molecule has 3 nitrogen and oxygen atoms in total. The summed E-state index contributed by atoms with van der Waals surface area (Å²) in [6.07, 6.45) is 2.88. The van der Waals surface area contributed by atoms with Gasteiger partial charge in [-0.2, -0.15) is 0 Å². The molecule has 0 fully saturated rings. The monoisotopic (exact) mass is 276 g/mol. The van der Waals surface area contributed by atoms with Gasteiger partial charge in [-0.25, -0.2) is 0 Å². The van der Waals surface area contributed by atoms with Crippen LogP contribution in [0.25, 0.3) is 0 Å². The summed E-state index contributed by atoms with van der Waals surface area (Å²) in [4.78, 5) is 11.4. The number of nitrogens with one attached hydrogen (secondary N) is 2. The highest BCUT2D eigenvalue weighted by Crippen LogP contribution is 2.22. The van der Waals surface area contributed by atoms with Crippen molar-refractivity contribution in [3.63, 3.8) is 0 Å². The molecule has 112 valence electrons. The van der Waals surface area contributed by atoms with Gasteiger partial charge in [0.2, 0.25) is 5.91 Å². The van der Waals surface area contributed by atoms with Gasteiger partial charge < -0.3 is 10.6 Å². The van der Waals surface area contributed by atoms with Gasteiger partial charge in [0, 0.05) is 23.8 Å². The quantitative estimate of drug-likeness (QED) is 0.765. The summed E-state index contributed by atoms with van der Waals surface area (Å²) in [6, 6.07) is 6.46. The molecule has 0 aliphatic carbocycles. The molecular formula is C17H28N2O. The molecule has 0 radical (unpaired) electrons. The van der Waals surface area contributed by atoms with Gasteiger partial charge in [0.1, 0.15) is 0 Å². The highest BCUT2D eigenvalue weighted by atomic mass is 16.1. The van der Waals surface area contributed by atoms with Crippen LogP contribution in [0.3, 0.4) is 0 Å². The lowest BCUT2D eigenvalue weighted by molar-refractivity contribution is -0.115. The van der Waals surface area contributed by atoms with Crippen LogP contribution in [0, 0.1) is 12.8 Å². The largest absolute Gasteiger partial charge is 0.382 e. The molecule has 2 N–H and O–H groups in total. The molecule has 1 aromatic carbocycles. The second kappa shape index (κ2) is 7.93. The fourth-order valence-electron chi connectivity index (χ4n) is 2.03. The first kappa shape index (κ1) is 16.5. The topological polar surface area (TPSA) is 41.1 Å². The highest BCUT2D eigenvalue weighted by Gasteiger charge is 2.07. The van der Waals surface area contributed by atoms with Gasteiger partial charge in [-0.1, -0.05) is 26.8 Å². The summed E-state index contributed by atoms with van der Waals surface area (Å²) < 4.78 is 0. The van der Waals surface area contributed by atoms with Crippen molar-refractivity contribution in [2.75, 3.05) is 10.6 Å². The molecule has 0 saturated heterocycles. The predicted molar refractivity (Wildman–Crippen MR) is 87.3 cm³/mol. The van der Waals surface area contributed by atoms with Crippen LogP contribution < -0.4 is 10.6 Å². The summed E-state index contributed by atoms with van der Waals surface area (Å²) in [5.41, 5.74) is 3.17. The van der Waals surface area contributed by atoms with Crippen molar-refractivity contribution in [2.24, 2.45) is 5.92 Å². The molecule has 1 amide bonds. The van der Waals surface area contributed by atoms with Crippen LogP contribution in [0.5, 0.6) is 0 Å². The highest BCUT2D eigenvalue weighted by molar-refractivity contribution is 5.91. The third-order valence-corrected chi connectivity index (χ3v) is 3.42. The van der Waals surface area contributed by atoms with Crippen molar-refractivity contribution in [1.29, 1.82) is 0 Å². The minimum Gasteiger partial charge on any atom is -0.382 e. The number of carbonyl (C=O) groups is 1. The van der Waals surface area contributed by atoms with Crippen molar-refractivity contribution in [2.45, 2.75) is 59.9 Å². The van der Waals surface area contributed by atoms with E-state index in [4.69, 9.17) is 0 Å². The lowest BCUT2D eigenvalue weighted by Crippen LogP contribution is -2.17. The number of aryl methyl sites for hydroxylation is 1. The van der Waals surface area contributed by atoms with Crippen molar-refractivity contribution in [3.05, 3.63) is 23.8 Å². The van der Waals surface area contributed by atoms with E-state index < -0.39 is 0 Å². The van der Waals surface area contributed by atoms with Crippen molar-refractivity contribution in [3.8, 4) is 0 Å².